The van der Waals surface area contributed by atoms with Gasteiger partial charge in [0.05, 0.1) is 11.6 Å². The second-order valence-corrected chi connectivity index (χ2v) is 5.42. The summed E-state index contributed by atoms with van der Waals surface area (Å²) in [5, 5.41) is 20.5. The summed E-state index contributed by atoms with van der Waals surface area (Å²) < 4.78 is 0.943. The molecule has 17 heavy (non-hydrogen) atoms. The Kier molecular flexibility index (Phi) is 3.96. The van der Waals surface area contributed by atoms with Gasteiger partial charge in [0.25, 0.3) is 0 Å². The molecule has 1 aromatic carbocycles. The van der Waals surface area contributed by atoms with Crippen molar-refractivity contribution in [3.8, 4) is 6.07 Å². The summed E-state index contributed by atoms with van der Waals surface area (Å²) in [4.78, 5) is 0. The van der Waals surface area contributed by atoms with Crippen LogP contribution in [0.1, 0.15) is 11.1 Å². The van der Waals surface area contributed by atoms with E-state index < -0.39 is 0 Å². The van der Waals surface area contributed by atoms with Crippen LogP contribution in [0.4, 0.5) is 5.13 Å². The quantitative estimate of drug-likeness (QED) is 0.858. The Labute approximate surface area is 108 Å². The van der Waals surface area contributed by atoms with Crippen molar-refractivity contribution in [3.05, 3.63) is 35.4 Å². The number of anilines is 1. The Morgan fingerprint density at radius 3 is 2.71 bits per heavy atom. The number of hydrogen-bond donors (Lipinski definition) is 1. The van der Waals surface area contributed by atoms with Gasteiger partial charge in [0.15, 0.2) is 4.34 Å². The van der Waals surface area contributed by atoms with Crippen molar-refractivity contribution in [2.75, 3.05) is 12.4 Å². The number of nitriles is 1. The van der Waals surface area contributed by atoms with Crippen LogP contribution in [0.5, 0.6) is 0 Å². The zero-order valence-corrected chi connectivity index (χ0v) is 10.8. The molecule has 0 atom stereocenters. The lowest BCUT2D eigenvalue weighted by molar-refractivity contribution is 1.01. The molecule has 0 bridgehead atoms. The molecule has 0 fully saturated rings. The van der Waals surface area contributed by atoms with Crippen molar-refractivity contribution in [3.63, 3.8) is 0 Å². The van der Waals surface area contributed by atoms with Crippen molar-refractivity contribution in [1.29, 1.82) is 5.26 Å². The average molecular weight is 262 g/mol. The lowest BCUT2D eigenvalue weighted by atomic mass is 10.2. The minimum Gasteiger partial charge on any atom is -0.363 e. The zero-order chi connectivity index (χ0) is 12.1. The molecule has 4 nitrogen and oxygen atoms in total. The largest absolute Gasteiger partial charge is 0.363 e. The van der Waals surface area contributed by atoms with Crippen LogP contribution in [0.15, 0.2) is 28.6 Å². The van der Waals surface area contributed by atoms with Crippen LogP contribution < -0.4 is 5.32 Å². The fourth-order valence-corrected chi connectivity index (χ4v) is 2.85. The number of benzene rings is 1. The molecule has 0 saturated carbocycles. The standard InChI is InChI=1S/C11H10N4S2/c1-13-10-14-15-11(17-10)16-7-9-4-2-8(6-12)3-5-9/h2-5H,7H2,1H3,(H,13,14). The van der Waals surface area contributed by atoms with Crippen LogP contribution in [0.2, 0.25) is 0 Å². The van der Waals surface area contributed by atoms with Crippen LogP contribution in [0, 0.1) is 11.3 Å². The van der Waals surface area contributed by atoms with Crippen LogP contribution in [0.25, 0.3) is 0 Å². The van der Waals surface area contributed by atoms with E-state index in [4.69, 9.17) is 5.26 Å². The Hall–Kier alpha value is -1.58. The molecule has 0 saturated heterocycles. The third-order valence-corrected chi connectivity index (χ3v) is 4.21. The van der Waals surface area contributed by atoms with E-state index in [0.717, 1.165) is 15.2 Å². The smallest absolute Gasteiger partial charge is 0.206 e. The van der Waals surface area contributed by atoms with Crippen LogP contribution in [-0.2, 0) is 5.75 Å². The summed E-state index contributed by atoms with van der Waals surface area (Å²) in [6.07, 6.45) is 0. The molecule has 0 aliphatic rings. The van der Waals surface area contributed by atoms with E-state index in [1.165, 1.54) is 16.9 Å². The lowest BCUT2D eigenvalue weighted by Crippen LogP contribution is -1.84. The van der Waals surface area contributed by atoms with Gasteiger partial charge in [0.2, 0.25) is 5.13 Å². The fourth-order valence-electron chi connectivity index (χ4n) is 1.19. The van der Waals surface area contributed by atoms with Crippen molar-refractivity contribution in [2.45, 2.75) is 10.1 Å². The van der Waals surface area contributed by atoms with Crippen molar-refractivity contribution in [1.82, 2.24) is 10.2 Å². The number of rotatable bonds is 4. The zero-order valence-electron chi connectivity index (χ0n) is 9.17. The maximum Gasteiger partial charge on any atom is 0.206 e. The first kappa shape index (κ1) is 11.9. The van der Waals surface area contributed by atoms with E-state index in [9.17, 15) is 0 Å². The molecule has 2 rings (SSSR count). The Balaban J connectivity index is 1.95. The SMILES string of the molecule is CNc1nnc(SCc2ccc(C#N)cc2)s1. The molecule has 6 heteroatoms. The molecule has 0 spiro atoms. The number of thioether (sulfide) groups is 1. The summed E-state index contributed by atoms with van der Waals surface area (Å²) in [5.41, 5.74) is 1.86. The highest BCUT2D eigenvalue weighted by molar-refractivity contribution is 8.00. The molecule has 0 amide bonds. The molecule has 1 N–H and O–H groups in total. The molecular weight excluding hydrogens is 252 g/mol. The van der Waals surface area contributed by atoms with E-state index in [1.807, 2.05) is 31.3 Å². The number of nitrogens with one attached hydrogen (secondary N) is 1. The van der Waals surface area contributed by atoms with Gasteiger partial charge in [0.1, 0.15) is 0 Å². The van der Waals surface area contributed by atoms with Crippen LogP contribution in [-0.4, -0.2) is 17.2 Å². The minimum atomic E-state index is 0.687. The third kappa shape index (κ3) is 3.19. The number of nitrogens with zero attached hydrogens (tertiary/aromatic N) is 3. The summed E-state index contributed by atoms with van der Waals surface area (Å²) in [7, 11) is 1.83. The Bertz CT molecular complexity index is 527. The van der Waals surface area contributed by atoms with Crippen LogP contribution in [0.3, 0.4) is 0 Å². The van der Waals surface area contributed by atoms with Crippen LogP contribution >= 0.6 is 23.1 Å². The molecule has 0 aliphatic heterocycles. The van der Waals surface area contributed by atoms with Crippen molar-refractivity contribution < 1.29 is 0 Å². The van der Waals surface area contributed by atoms with Crippen molar-refractivity contribution in [2.24, 2.45) is 0 Å². The third-order valence-electron chi connectivity index (χ3n) is 2.07. The van der Waals surface area contributed by atoms with Gasteiger partial charge in [-0.2, -0.15) is 5.26 Å². The molecule has 1 heterocycles. The second kappa shape index (κ2) is 5.66. The molecule has 0 radical (unpaired) electrons. The first-order chi connectivity index (χ1) is 8.31. The summed E-state index contributed by atoms with van der Waals surface area (Å²) >= 11 is 3.18. The number of aromatic nitrogens is 2. The summed E-state index contributed by atoms with van der Waals surface area (Å²) in [6.45, 7) is 0. The van der Waals surface area contributed by atoms with Gasteiger partial charge in [0, 0.05) is 12.8 Å². The molecule has 0 aliphatic carbocycles. The molecule has 86 valence electrons. The van der Waals surface area contributed by atoms with Gasteiger partial charge in [-0.25, -0.2) is 0 Å². The molecule has 2 aromatic rings. The summed E-state index contributed by atoms with van der Waals surface area (Å²) in [6, 6.07) is 9.69. The maximum absolute atomic E-state index is 8.69. The van der Waals surface area contributed by atoms with E-state index in [-0.39, 0.29) is 0 Å². The monoisotopic (exact) mass is 262 g/mol. The summed E-state index contributed by atoms with van der Waals surface area (Å²) in [5.74, 6) is 0.837. The van der Waals surface area contributed by atoms with Gasteiger partial charge in [-0.15, -0.1) is 10.2 Å². The Morgan fingerprint density at radius 2 is 2.12 bits per heavy atom. The highest BCUT2D eigenvalue weighted by Crippen LogP contribution is 2.27. The van der Waals surface area contributed by atoms with E-state index in [1.54, 1.807) is 11.8 Å². The normalized spacial score (nSPS) is 9.88. The first-order valence-electron chi connectivity index (χ1n) is 4.95. The number of hydrogen-bond acceptors (Lipinski definition) is 6. The van der Waals surface area contributed by atoms with E-state index >= 15 is 0 Å². The van der Waals surface area contributed by atoms with Gasteiger partial charge >= 0.3 is 0 Å². The van der Waals surface area contributed by atoms with Gasteiger partial charge in [-0.1, -0.05) is 35.2 Å². The fraction of sp³-hybridized carbons (Fsp3) is 0.182. The highest BCUT2D eigenvalue weighted by Gasteiger charge is 2.03. The van der Waals surface area contributed by atoms with Crippen molar-refractivity contribution >= 4 is 28.2 Å². The molecular formula is C11H10N4S2. The van der Waals surface area contributed by atoms with Gasteiger partial charge < -0.3 is 5.32 Å². The predicted molar refractivity (Wildman–Crippen MR) is 70.2 cm³/mol. The topological polar surface area (TPSA) is 61.6 Å². The maximum atomic E-state index is 8.69. The van der Waals surface area contributed by atoms with E-state index in [0.29, 0.717) is 5.56 Å². The van der Waals surface area contributed by atoms with Gasteiger partial charge in [-0.3, -0.25) is 0 Å². The highest BCUT2D eigenvalue weighted by atomic mass is 32.2. The molecule has 1 aromatic heterocycles. The van der Waals surface area contributed by atoms with Gasteiger partial charge in [-0.05, 0) is 17.7 Å². The average Bonchev–Trinajstić information content (AvgIpc) is 2.85. The minimum absolute atomic E-state index is 0.687. The predicted octanol–water partition coefficient (Wildman–Crippen LogP) is 2.74. The first-order valence-corrected chi connectivity index (χ1v) is 6.75. The van der Waals surface area contributed by atoms with E-state index in [2.05, 4.69) is 21.6 Å². The second-order valence-electron chi connectivity index (χ2n) is 3.22. The molecule has 0 unspecified atom stereocenters. The lowest BCUT2D eigenvalue weighted by Gasteiger charge is -1.98. The Morgan fingerprint density at radius 1 is 1.35 bits per heavy atom.